The predicted molar refractivity (Wildman–Crippen MR) is 83.2 cm³/mol. The molecule has 0 heterocycles. The van der Waals surface area contributed by atoms with Gasteiger partial charge in [0.15, 0.2) is 0 Å². The highest BCUT2D eigenvalue weighted by Gasteiger charge is 2.15. The van der Waals surface area contributed by atoms with E-state index in [1.54, 1.807) is 25.3 Å². The Kier molecular flexibility index (Phi) is 4.48. The Bertz CT molecular complexity index is 652. The summed E-state index contributed by atoms with van der Waals surface area (Å²) in [6.07, 6.45) is 0. The molecule has 2 rings (SSSR count). The van der Waals surface area contributed by atoms with Gasteiger partial charge in [0.25, 0.3) is 0 Å². The molecule has 0 aliphatic rings. The summed E-state index contributed by atoms with van der Waals surface area (Å²) in [7, 11) is 3.45. The van der Waals surface area contributed by atoms with Crippen LogP contribution in [-0.4, -0.2) is 25.2 Å². The van der Waals surface area contributed by atoms with Gasteiger partial charge in [-0.25, -0.2) is 4.79 Å². The minimum atomic E-state index is -0.940. The van der Waals surface area contributed by atoms with Crippen LogP contribution in [0.1, 0.15) is 21.5 Å². The van der Waals surface area contributed by atoms with Crippen molar-refractivity contribution in [3.63, 3.8) is 0 Å². The normalized spacial score (nSPS) is 10.2. The fourth-order valence-electron chi connectivity index (χ4n) is 2.26. The Hall–Kier alpha value is -2.49. The number of aromatic carboxylic acids is 1. The molecule has 0 aromatic heterocycles. The van der Waals surface area contributed by atoms with Gasteiger partial charge in [0.05, 0.1) is 18.4 Å². The van der Waals surface area contributed by atoms with Crippen molar-refractivity contribution < 1.29 is 14.6 Å². The molecule has 0 saturated heterocycles. The number of hydrogen-bond acceptors (Lipinski definition) is 3. The second-order valence-electron chi connectivity index (χ2n) is 4.97. The van der Waals surface area contributed by atoms with E-state index in [9.17, 15) is 9.90 Å². The number of hydrogen-bond donors (Lipinski definition) is 1. The molecule has 2 aromatic carbocycles. The lowest BCUT2D eigenvalue weighted by Crippen LogP contribution is -2.20. The van der Waals surface area contributed by atoms with E-state index in [2.05, 4.69) is 0 Å². The highest BCUT2D eigenvalue weighted by atomic mass is 16.5. The molecule has 0 unspecified atom stereocenters. The van der Waals surface area contributed by atoms with Crippen LogP contribution < -0.4 is 9.64 Å². The number of benzene rings is 2. The lowest BCUT2D eigenvalue weighted by atomic mass is 10.1. The summed E-state index contributed by atoms with van der Waals surface area (Å²) in [6.45, 7) is 2.69. The molecule has 4 nitrogen and oxygen atoms in total. The fourth-order valence-corrected chi connectivity index (χ4v) is 2.26. The average molecular weight is 285 g/mol. The van der Waals surface area contributed by atoms with Crippen molar-refractivity contribution in [3.05, 3.63) is 59.2 Å². The van der Waals surface area contributed by atoms with Crippen LogP contribution in [0.15, 0.2) is 42.5 Å². The van der Waals surface area contributed by atoms with E-state index in [0.29, 0.717) is 18.0 Å². The number of ether oxygens (including phenoxy) is 1. The number of carboxylic acids is 1. The van der Waals surface area contributed by atoms with E-state index in [1.807, 2.05) is 43.1 Å². The van der Waals surface area contributed by atoms with Crippen molar-refractivity contribution >= 4 is 11.7 Å². The summed E-state index contributed by atoms with van der Waals surface area (Å²) in [5.74, 6) is -0.295. The van der Waals surface area contributed by atoms with Crippen LogP contribution in [0.4, 0.5) is 5.69 Å². The van der Waals surface area contributed by atoms with E-state index in [-0.39, 0.29) is 5.56 Å². The van der Waals surface area contributed by atoms with Gasteiger partial charge in [0.2, 0.25) is 0 Å². The zero-order valence-electron chi connectivity index (χ0n) is 12.5. The van der Waals surface area contributed by atoms with Gasteiger partial charge in [0.1, 0.15) is 5.75 Å². The van der Waals surface area contributed by atoms with Crippen LogP contribution in [0.3, 0.4) is 0 Å². The first kappa shape index (κ1) is 14.9. The molecule has 0 atom stereocenters. The third-order valence-corrected chi connectivity index (χ3v) is 3.52. The van der Waals surface area contributed by atoms with Crippen molar-refractivity contribution in [2.75, 3.05) is 19.1 Å². The number of carboxylic acid groups (broad SMARTS) is 1. The zero-order chi connectivity index (χ0) is 15.4. The molecule has 0 aliphatic heterocycles. The first-order valence-electron chi connectivity index (χ1n) is 6.70. The highest BCUT2D eigenvalue weighted by molar-refractivity contribution is 5.94. The number of nitrogens with zero attached hydrogens (tertiary/aromatic N) is 1. The maximum atomic E-state index is 11.4. The number of carbonyl (C=O) groups is 1. The molecule has 0 aliphatic carbocycles. The maximum Gasteiger partial charge on any atom is 0.337 e. The van der Waals surface area contributed by atoms with Crippen molar-refractivity contribution in [1.29, 1.82) is 0 Å². The number of anilines is 1. The van der Waals surface area contributed by atoms with Crippen LogP contribution in [0, 0.1) is 6.92 Å². The summed E-state index contributed by atoms with van der Waals surface area (Å²) in [5.41, 5.74) is 3.26. The predicted octanol–water partition coefficient (Wildman–Crippen LogP) is 3.34. The summed E-state index contributed by atoms with van der Waals surface area (Å²) < 4.78 is 5.19. The molecule has 2 aromatic rings. The smallest absolute Gasteiger partial charge is 0.337 e. The van der Waals surface area contributed by atoms with Gasteiger partial charge < -0.3 is 14.7 Å². The average Bonchev–Trinajstić information content (AvgIpc) is 2.48. The first-order valence-corrected chi connectivity index (χ1v) is 6.70. The molecular weight excluding hydrogens is 266 g/mol. The zero-order valence-corrected chi connectivity index (χ0v) is 12.5. The second-order valence-corrected chi connectivity index (χ2v) is 4.97. The van der Waals surface area contributed by atoms with Gasteiger partial charge >= 0.3 is 5.97 Å². The van der Waals surface area contributed by atoms with Crippen molar-refractivity contribution in [2.45, 2.75) is 13.5 Å². The van der Waals surface area contributed by atoms with Gasteiger partial charge in [-0.05, 0) is 30.2 Å². The third-order valence-electron chi connectivity index (χ3n) is 3.52. The van der Waals surface area contributed by atoms with E-state index in [1.165, 1.54) is 11.1 Å². The van der Waals surface area contributed by atoms with Crippen molar-refractivity contribution in [2.24, 2.45) is 0 Å². The van der Waals surface area contributed by atoms with E-state index >= 15 is 0 Å². The van der Waals surface area contributed by atoms with E-state index in [4.69, 9.17) is 4.74 Å². The van der Waals surface area contributed by atoms with Crippen LogP contribution in [0.25, 0.3) is 0 Å². The fraction of sp³-hybridized carbons (Fsp3) is 0.235. The quantitative estimate of drug-likeness (QED) is 0.915. The Morgan fingerprint density at radius 1 is 1.24 bits per heavy atom. The Labute approximate surface area is 124 Å². The lowest BCUT2D eigenvalue weighted by Gasteiger charge is -2.23. The molecule has 0 spiro atoms. The molecule has 0 fully saturated rings. The summed E-state index contributed by atoms with van der Waals surface area (Å²) in [6, 6.07) is 13.1. The molecule has 0 amide bonds. The largest absolute Gasteiger partial charge is 0.497 e. The summed E-state index contributed by atoms with van der Waals surface area (Å²) in [5, 5.41) is 9.33. The molecule has 0 bridgehead atoms. The van der Waals surface area contributed by atoms with Crippen LogP contribution >= 0.6 is 0 Å². The van der Waals surface area contributed by atoms with E-state index in [0.717, 1.165) is 0 Å². The molecule has 110 valence electrons. The summed E-state index contributed by atoms with van der Waals surface area (Å²) >= 11 is 0. The Morgan fingerprint density at radius 3 is 2.57 bits per heavy atom. The van der Waals surface area contributed by atoms with Crippen LogP contribution in [-0.2, 0) is 6.54 Å². The van der Waals surface area contributed by atoms with Crippen molar-refractivity contribution in [3.8, 4) is 5.75 Å². The Morgan fingerprint density at radius 2 is 1.95 bits per heavy atom. The van der Waals surface area contributed by atoms with Gasteiger partial charge in [0, 0.05) is 19.7 Å². The third kappa shape index (κ3) is 3.34. The standard InChI is InChI=1S/C17H19NO3/c1-12-6-4-5-7-13(12)11-18(2)16-10-14(21-3)8-9-15(16)17(19)20/h4-10H,11H2,1-3H3,(H,19,20). The summed E-state index contributed by atoms with van der Waals surface area (Å²) in [4.78, 5) is 13.3. The number of methoxy groups -OCH3 is 1. The number of aryl methyl sites for hydroxylation is 1. The highest BCUT2D eigenvalue weighted by Crippen LogP contribution is 2.27. The molecule has 0 saturated carbocycles. The monoisotopic (exact) mass is 285 g/mol. The number of rotatable bonds is 5. The Balaban J connectivity index is 2.35. The SMILES string of the molecule is COc1ccc(C(=O)O)c(N(C)Cc2ccccc2C)c1. The van der Waals surface area contributed by atoms with Crippen LogP contribution in [0.2, 0.25) is 0 Å². The van der Waals surface area contributed by atoms with Gasteiger partial charge in [-0.2, -0.15) is 0 Å². The minimum absolute atomic E-state index is 0.270. The van der Waals surface area contributed by atoms with E-state index < -0.39 is 5.97 Å². The topological polar surface area (TPSA) is 49.8 Å². The molecule has 4 heteroatoms. The second kappa shape index (κ2) is 6.31. The first-order chi connectivity index (χ1) is 10.0. The molecule has 21 heavy (non-hydrogen) atoms. The lowest BCUT2D eigenvalue weighted by molar-refractivity contribution is 0.0697. The molecular formula is C17H19NO3. The van der Waals surface area contributed by atoms with Crippen LogP contribution in [0.5, 0.6) is 5.75 Å². The van der Waals surface area contributed by atoms with Gasteiger partial charge in [-0.3, -0.25) is 0 Å². The molecule has 1 N–H and O–H groups in total. The minimum Gasteiger partial charge on any atom is -0.497 e. The van der Waals surface area contributed by atoms with Crippen molar-refractivity contribution in [1.82, 2.24) is 0 Å². The maximum absolute atomic E-state index is 11.4. The van der Waals surface area contributed by atoms with Gasteiger partial charge in [-0.15, -0.1) is 0 Å². The van der Waals surface area contributed by atoms with Gasteiger partial charge in [-0.1, -0.05) is 24.3 Å². The molecule has 0 radical (unpaired) electrons.